The van der Waals surface area contributed by atoms with E-state index >= 15 is 0 Å². The molecular formula is C16H14F2N2O5. The summed E-state index contributed by atoms with van der Waals surface area (Å²) in [5.41, 5.74) is -0.569. The number of carbonyl (C=O) groups is 2. The normalized spacial score (nSPS) is 17.5. The summed E-state index contributed by atoms with van der Waals surface area (Å²) < 4.78 is 37.9. The molecule has 0 radical (unpaired) electrons. The second-order valence-electron chi connectivity index (χ2n) is 5.48. The molecule has 1 atom stereocenters. The lowest BCUT2D eigenvalue weighted by atomic mass is 10.2. The molecule has 1 aliphatic heterocycles. The van der Waals surface area contributed by atoms with Crippen LogP contribution < -0.4 is 0 Å². The Morgan fingerprint density at radius 1 is 1.32 bits per heavy atom. The highest BCUT2D eigenvalue weighted by Gasteiger charge is 2.29. The lowest BCUT2D eigenvalue weighted by Crippen LogP contribution is -2.46. The van der Waals surface area contributed by atoms with Gasteiger partial charge in [0.15, 0.2) is 5.69 Å². The van der Waals surface area contributed by atoms with Gasteiger partial charge in [-0.3, -0.25) is 9.59 Å². The molecule has 2 heterocycles. The maximum absolute atomic E-state index is 13.8. The van der Waals surface area contributed by atoms with E-state index in [-0.39, 0.29) is 37.7 Å². The Kier molecular flexibility index (Phi) is 4.75. The zero-order valence-electron chi connectivity index (χ0n) is 12.9. The zero-order valence-corrected chi connectivity index (χ0v) is 12.9. The molecule has 0 spiro atoms. The number of carbonyl (C=O) groups excluding carboxylic acids is 1. The van der Waals surface area contributed by atoms with Crippen LogP contribution in [0.25, 0.3) is 11.5 Å². The SMILES string of the molecule is O=C(O)CC1CN(C(=O)c2coc(-c3c(F)cccc3F)n2)CCO1. The number of aliphatic carboxylic acids is 1. The maximum atomic E-state index is 13.8. The second kappa shape index (κ2) is 6.98. The van der Waals surface area contributed by atoms with Gasteiger partial charge in [0.25, 0.3) is 5.91 Å². The van der Waals surface area contributed by atoms with Gasteiger partial charge >= 0.3 is 5.97 Å². The summed E-state index contributed by atoms with van der Waals surface area (Å²) in [6.45, 7) is 0.531. The van der Waals surface area contributed by atoms with Crippen molar-refractivity contribution in [2.24, 2.45) is 0 Å². The molecule has 1 N–H and O–H groups in total. The third-order valence-corrected chi connectivity index (χ3v) is 3.73. The van der Waals surface area contributed by atoms with E-state index in [9.17, 15) is 18.4 Å². The van der Waals surface area contributed by atoms with Crippen molar-refractivity contribution in [1.29, 1.82) is 0 Å². The van der Waals surface area contributed by atoms with Crippen LogP contribution in [0, 0.1) is 11.6 Å². The van der Waals surface area contributed by atoms with Gasteiger partial charge in [-0.2, -0.15) is 0 Å². The van der Waals surface area contributed by atoms with Crippen molar-refractivity contribution in [1.82, 2.24) is 9.88 Å². The first-order chi connectivity index (χ1) is 12.0. The molecular weight excluding hydrogens is 338 g/mol. The number of nitrogens with zero attached hydrogens (tertiary/aromatic N) is 2. The Hall–Kier alpha value is -2.81. The number of carboxylic acid groups (broad SMARTS) is 1. The summed E-state index contributed by atoms with van der Waals surface area (Å²) in [6.07, 6.45) is 0.171. The van der Waals surface area contributed by atoms with Crippen LogP contribution in [0.15, 0.2) is 28.9 Å². The molecule has 7 nitrogen and oxygen atoms in total. The van der Waals surface area contributed by atoms with E-state index in [0.29, 0.717) is 0 Å². The number of halogens is 2. The fourth-order valence-corrected chi connectivity index (χ4v) is 2.57. The molecule has 1 amide bonds. The smallest absolute Gasteiger partial charge is 0.306 e. The maximum Gasteiger partial charge on any atom is 0.306 e. The average molecular weight is 352 g/mol. The van der Waals surface area contributed by atoms with Crippen LogP contribution in [0.3, 0.4) is 0 Å². The average Bonchev–Trinajstić information content (AvgIpc) is 3.03. The van der Waals surface area contributed by atoms with Gasteiger partial charge in [-0.05, 0) is 12.1 Å². The summed E-state index contributed by atoms with van der Waals surface area (Å²) in [5.74, 6) is -3.60. The first-order valence-corrected chi connectivity index (χ1v) is 7.48. The van der Waals surface area contributed by atoms with E-state index in [1.54, 1.807) is 0 Å². The number of benzene rings is 1. The fraction of sp³-hybridized carbons (Fsp3) is 0.312. The van der Waals surface area contributed by atoms with Gasteiger partial charge < -0.3 is 19.2 Å². The van der Waals surface area contributed by atoms with Crippen LogP contribution in [0.2, 0.25) is 0 Å². The number of oxazole rings is 1. The Labute approximate surface area is 140 Å². The lowest BCUT2D eigenvalue weighted by molar-refractivity contribution is -0.141. The number of ether oxygens (including phenoxy) is 1. The third kappa shape index (κ3) is 3.66. The van der Waals surface area contributed by atoms with Gasteiger partial charge in [0.2, 0.25) is 5.89 Å². The predicted molar refractivity (Wildman–Crippen MR) is 79.8 cm³/mol. The Morgan fingerprint density at radius 2 is 2.04 bits per heavy atom. The summed E-state index contributed by atoms with van der Waals surface area (Å²) >= 11 is 0. The van der Waals surface area contributed by atoms with Gasteiger partial charge in [-0.25, -0.2) is 13.8 Å². The van der Waals surface area contributed by atoms with Crippen LogP contribution in [-0.4, -0.2) is 52.7 Å². The highest BCUT2D eigenvalue weighted by Crippen LogP contribution is 2.25. The van der Waals surface area contributed by atoms with Crippen molar-refractivity contribution in [2.75, 3.05) is 19.7 Å². The first-order valence-electron chi connectivity index (χ1n) is 7.48. The second-order valence-corrected chi connectivity index (χ2v) is 5.48. The summed E-state index contributed by atoms with van der Waals surface area (Å²) in [7, 11) is 0. The van der Waals surface area contributed by atoms with E-state index in [4.69, 9.17) is 14.3 Å². The van der Waals surface area contributed by atoms with Crippen molar-refractivity contribution >= 4 is 11.9 Å². The Bertz CT molecular complexity index is 787. The van der Waals surface area contributed by atoms with Crippen LogP contribution in [0.1, 0.15) is 16.9 Å². The molecule has 0 bridgehead atoms. The molecule has 0 saturated carbocycles. The van der Waals surface area contributed by atoms with Crippen molar-refractivity contribution in [3.05, 3.63) is 41.8 Å². The Balaban J connectivity index is 1.78. The van der Waals surface area contributed by atoms with Crippen molar-refractivity contribution < 1.29 is 32.6 Å². The number of rotatable bonds is 4. The molecule has 1 saturated heterocycles. The molecule has 1 aromatic heterocycles. The number of morpholine rings is 1. The minimum Gasteiger partial charge on any atom is -0.481 e. The molecule has 1 fully saturated rings. The summed E-state index contributed by atoms with van der Waals surface area (Å²) in [5, 5.41) is 8.81. The predicted octanol–water partition coefficient (Wildman–Crippen LogP) is 1.94. The number of aromatic nitrogens is 1. The quantitative estimate of drug-likeness (QED) is 0.904. The van der Waals surface area contributed by atoms with Gasteiger partial charge in [0.1, 0.15) is 23.5 Å². The van der Waals surface area contributed by atoms with Crippen LogP contribution in [0.5, 0.6) is 0 Å². The van der Waals surface area contributed by atoms with Gasteiger partial charge in [0, 0.05) is 13.1 Å². The van der Waals surface area contributed by atoms with Gasteiger partial charge in [-0.15, -0.1) is 0 Å². The van der Waals surface area contributed by atoms with E-state index in [2.05, 4.69) is 4.98 Å². The van der Waals surface area contributed by atoms with Crippen molar-refractivity contribution in [2.45, 2.75) is 12.5 Å². The van der Waals surface area contributed by atoms with Crippen molar-refractivity contribution in [3.63, 3.8) is 0 Å². The molecule has 25 heavy (non-hydrogen) atoms. The zero-order chi connectivity index (χ0) is 18.0. The van der Waals surface area contributed by atoms with Crippen LogP contribution in [-0.2, 0) is 9.53 Å². The molecule has 2 aromatic rings. The van der Waals surface area contributed by atoms with E-state index in [1.165, 1.54) is 11.0 Å². The monoisotopic (exact) mass is 352 g/mol. The minimum atomic E-state index is -1.03. The van der Waals surface area contributed by atoms with Crippen LogP contribution in [0.4, 0.5) is 8.78 Å². The topological polar surface area (TPSA) is 92.9 Å². The number of amides is 1. The van der Waals surface area contributed by atoms with Crippen LogP contribution >= 0.6 is 0 Å². The summed E-state index contributed by atoms with van der Waals surface area (Å²) in [4.78, 5) is 28.5. The van der Waals surface area contributed by atoms with E-state index in [0.717, 1.165) is 18.4 Å². The molecule has 9 heteroatoms. The fourth-order valence-electron chi connectivity index (χ4n) is 2.57. The third-order valence-electron chi connectivity index (χ3n) is 3.73. The van der Waals surface area contributed by atoms with E-state index in [1.807, 2.05) is 0 Å². The first kappa shape index (κ1) is 17.0. The highest BCUT2D eigenvalue weighted by molar-refractivity contribution is 5.92. The molecule has 1 aromatic carbocycles. The minimum absolute atomic E-state index is 0.0847. The largest absolute Gasteiger partial charge is 0.481 e. The molecule has 0 aliphatic carbocycles. The molecule has 1 aliphatic rings. The number of hydrogen-bond acceptors (Lipinski definition) is 5. The number of hydrogen-bond donors (Lipinski definition) is 1. The highest BCUT2D eigenvalue weighted by atomic mass is 19.1. The standard InChI is InChI=1S/C16H14F2N2O5/c17-10-2-1-3-11(18)14(10)15-19-12(8-25-15)16(23)20-4-5-24-9(7-20)6-13(21)22/h1-3,8-9H,4-7H2,(H,21,22). The van der Waals surface area contributed by atoms with Gasteiger partial charge in [0.05, 0.1) is 19.1 Å². The molecule has 1 unspecified atom stereocenters. The lowest BCUT2D eigenvalue weighted by Gasteiger charge is -2.31. The van der Waals surface area contributed by atoms with Gasteiger partial charge in [-0.1, -0.05) is 6.07 Å². The number of carboxylic acids is 1. The summed E-state index contributed by atoms with van der Waals surface area (Å²) in [6, 6.07) is 3.32. The molecule has 3 rings (SSSR count). The van der Waals surface area contributed by atoms with E-state index < -0.39 is 35.2 Å². The van der Waals surface area contributed by atoms with Crippen molar-refractivity contribution in [3.8, 4) is 11.5 Å². The Morgan fingerprint density at radius 3 is 2.72 bits per heavy atom. The molecule has 132 valence electrons.